The summed E-state index contributed by atoms with van der Waals surface area (Å²) >= 11 is 6.11. The first kappa shape index (κ1) is 12.5. The molecule has 94 valence electrons. The summed E-state index contributed by atoms with van der Waals surface area (Å²) in [5, 5.41) is 0.803. The predicted molar refractivity (Wildman–Crippen MR) is 75.2 cm³/mol. The molecule has 0 saturated heterocycles. The van der Waals surface area contributed by atoms with Crippen LogP contribution in [0.2, 0.25) is 5.02 Å². The number of nitrogens with zero attached hydrogens (tertiary/aromatic N) is 2. The first-order valence-electron chi connectivity index (χ1n) is 6.18. The summed E-state index contributed by atoms with van der Waals surface area (Å²) in [4.78, 5) is 4.70. The fourth-order valence-electron chi connectivity index (χ4n) is 2.33. The molecule has 0 saturated carbocycles. The summed E-state index contributed by atoms with van der Waals surface area (Å²) in [7, 11) is 2.14. The molecule has 1 aliphatic heterocycles. The van der Waals surface area contributed by atoms with Crippen LogP contribution in [0.25, 0.3) is 0 Å². The highest BCUT2D eigenvalue weighted by Gasteiger charge is 2.18. The maximum atomic E-state index is 6.11. The highest BCUT2D eigenvalue weighted by Crippen LogP contribution is 2.33. The lowest BCUT2D eigenvalue weighted by atomic mass is 10.2. The minimum atomic E-state index is 0.738. The normalized spacial score (nSPS) is 15.7. The molecule has 0 spiro atoms. The Hall–Kier alpha value is -0.930. The molecule has 4 heteroatoms. The van der Waals surface area contributed by atoms with Crippen LogP contribution < -0.4 is 15.5 Å². The van der Waals surface area contributed by atoms with Gasteiger partial charge in [0.15, 0.2) is 0 Å². The Morgan fingerprint density at radius 1 is 1.29 bits per heavy atom. The van der Waals surface area contributed by atoms with Crippen molar-refractivity contribution in [3.8, 4) is 0 Å². The van der Waals surface area contributed by atoms with E-state index in [9.17, 15) is 0 Å². The molecular formula is C13H20ClN3. The molecule has 1 aromatic rings. The van der Waals surface area contributed by atoms with Crippen LogP contribution in [-0.2, 0) is 0 Å². The van der Waals surface area contributed by atoms with Crippen LogP contribution in [0.5, 0.6) is 0 Å². The number of hydrogen-bond acceptors (Lipinski definition) is 3. The van der Waals surface area contributed by atoms with Gasteiger partial charge in [0.25, 0.3) is 0 Å². The minimum Gasteiger partial charge on any atom is -0.373 e. The van der Waals surface area contributed by atoms with Crippen molar-refractivity contribution in [3.63, 3.8) is 0 Å². The molecule has 17 heavy (non-hydrogen) atoms. The number of benzene rings is 1. The van der Waals surface area contributed by atoms with Crippen LogP contribution in [0.1, 0.15) is 12.8 Å². The summed E-state index contributed by atoms with van der Waals surface area (Å²) in [5.41, 5.74) is 8.11. The van der Waals surface area contributed by atoms with Crippen molar-refractivity contribution in [1.82, 2.24) is 0 Å². The number of fused-ring (bicyclic) bond motifs is 1. The molecule has 0 amide bonds. The van der Waals surface area contributed by atoms with Gasteiger partial charge in [0.1, 0.15) is 0 Å². The van der Waals surface area contributed by atoms with Crippen molar-refractivity contribution in [2.75, 3.05) is 43.0 Å². The summed E-state index contributed by atoms with van der Waals surface area (Å²) in [6.45, 7) is 3.92. The fourth-order valence-corrected chi connectivity index (χ4v) is 2.49. The summed E-state index contributed by atoms with van der Waals surface area (Å²) in [6, 6.07) is 6.14. The van der Waals surface area contributed by atoms with E-state index in [4.69, 9.17) is 17.3 Å². The molecule has 1 aliphatic rings. The monoisotopic (exact) mass is 253 g/mol. The molecule has 2 rings (SSSR count). The van der Waals surface area contributed by atoms with E-state index in [0.717, 1.165) is 37.6 Å². The second-order valence-corrected chi connectivity index (χ2v) is 4.97. The zero-order chi connectivity index (χ0) is 12.3. The smallest absolute Gasteiger partial charge is 0.0618 e. The Balaban J connectivity index is 2.31. The molecule has 1 aromatic carbocycles. The van der Waals surface area contributed by atoms with Gasteiger partial charge in [0, 0.05) is 31.7 Å². The number of halogens is 1. The van der Waals surface area contributed by atoms with Crippen molar-refractivity contribution in [1.29, 1.82) is 0 Å². The summed E-state index contributed by atoms with van der Waals surface area (Å²) < 4.78 is 0. The van der Waals surface area contributed by atoms with Crippen molar-refractivity contribution in [2.45, 2.75) is 12.8 Å². The average molecular weight is 254 g/mol. The molecule has 0 fully saturated rings. The summed E-state index contributed by atoms with van der Waals surface area (Å²) in [6.07, 6.45) is 2.20. The zero-order valence-corrected chi connectivity index (χ0v) is 11.1. The van der Waals surface area contributed by atoms with Gasteiger partial charge in [-0.25, -0.2) is 0 Å². The Labute approximate surface area is 108 Å². The molecule has 0 radical (unpaired) electrons. The first-order chi connectivity index (χ1) is 8.22. The van der Waals surface area contributed by atoms with E-state index in [-0.39, 0.29) is 0 Å². The maximum Gasteiger partial charge on any atom is 0.0618 e. The molecule has 1 heterocycles. The van der Waals surface area contributed by atoms with E-state index >= 15 is 0 Å². The first-order valence-corrected chi connectivity index (χ1v) is 6.56. The van der Waals surface area contributed by atoms with E-state index < -0.39 is 0 Å². The van der Waals surface area contributed by atoms with Gasteiger partial charge in [-0.05, 0) is 37.6 Å². The van der Waals surface area contributed by atoms with Gasteiger partial charge in [-0.15, -0.1) is 0 Å². The van der Waals surface area contributed by atoms with Gasteiger partial charge in [0.05, 0.1) is 11.4 Å². The van der Waals surface area contributed by atoms with Gasteiger partial charge in [0.2, 0.25) is 0 Å². The molecule has 0 aliphatic carbocycles. The van der Waals surface area contributed by atoms with Crippen molar-refractivity contribution < 1.29 is 0 Å². The van der Waals surface area contributed by atoms with Gasteiger partial charge >= 0.3 is 0 Å². The highest BCUT2D eigenvalue weighted by molar-refractivity contribution is 6.31. The lowest BCUT2D eigenvalue weighted by Gasteiger charge is -2.26. The van der Waals surface area contributed by atoms with E-state index in [2.05, 4.69) is 29.0 Å². The second kappa shape index (κ2) is 5.61. The third-order valence-electron chi connectivity index (χ3n) is 3.24. The third-order valence-corrected chi connectivity index (χ3v) is 3.48. The van der Waals surface area contributed by atoms with Gasteiger partial charge in [-0.1, -0.05) is 11.6 Å². The molecule has 3 nitrogen and oxygen atoms in total. The van der Waals surface area contributed by atoms with E-state index in [1.54, 1.807) is 0 Å². The SMILES string of the molecule is CN1CCCN(CCCN)c2cc(Cl)ccc21. The third kappa shape index (κ3) is 2.85. The lowest BCUT2D eigenvalue weighted by Crippen LogP contribution is -2.26. The van der Waals surface area contributed by atoms with Crippen LogP contribution in [0.15, 0.2) is 18.2 Å². The fraction of sp³-hybridized carbons (Fsp3) is 0.538. The molecule has 0 bridgehead atoms. The van der Waals surface area contributed by atoms with Gasteiger partial charge in [-0.3, -0.25) is 0 Å². The largest absolute Gasteiger partial charge is 0.373 e. The van der Waals surface area contributed by atoms with Gasteiger partial charge < -0.3 is 15.5 Å². The van der Waals surface area contributed by atoms with E-state index in [1.165, 1.54) is 17.8 Å². The van der Waals surface area contributed by atoms with Crippen LogP contribution in [0.4, 0.5) is 11.4 Å². The Morgan fingerprint density at radius 3 is 2.88 bits per heavy atom. The molecule has 0 aromatic heterocycles. The maximum absolute atomic E-state index is 6.11. The number of rotatable bonds is 3. The second-order valence-electron chi connectivity index (χ2n) is 4.54. The number of hydrogen-bond donors (Lipinski definition) is 1. The van der Waals surface area contributed by atoms with E-state index in [0.29, 0.717) is 0 Å². The quantitative estimate of drug-likeness (QED) is 0.898. The molecule has 2 N–H and O–H groups in total. The minimum absolute atomic E-state index is 0.738. The predicted octanol–water partition coefficient (Wildman–Crippen LogP) is 2.34. The molecule has 0 atom stereocenters. The Morgan fingerprint density at radius 2 is 2.12 bits per heavy atom. The van der Waals surface area contributed by atoms with Crippen LogP contribution in [0, 0.1) is 0 Å². The van der Waals surface area contributed by atoms with Crippen LogP contribution >= 0.6 is 11.6 Å². The Bertz CT molecular complexity index is 381. The molecule has 0 unspecified atom stereocenters. The van der Waals surface area contributed by atoms with Gasteiger partial charge in [-0.2, -0.15) is 0 Å². The topological polar surface area (TPSA) is 32.5 Å². The van der Waals surface area contributed by atoms with Crippen LogP contribution in [0.3, 0.4) is 0 Å². The van der Waals surface area contributed by atoms with Crippen molar-refractivity contribution in [3.05, 3.63) is 23.2 Å². The Kier molecular flexibility index (Phi) is 4.13. The zero-order valence-electron chi connectivity index (χ0n) is 10.3. The highest BCUT2D eigenvalue weighted by atomic mass is 35.5. The van der Waals surface area contributed by atoms with Crippen molar-refractivity contribution in [2.24, 2.45) is 5.73 Å². The average Bonchev–Trinajstić information content (AvgIpc) is 2.46. The van der Waals surface area contributed by atoms with Crippen molar-refractivity contribution >= 4 is 23.0 Å². The standard InChI is InChI=1S/C13H20ClN3/c1-16-7-3-9-17(8-2-6-15)13-10-11(14)4-5-12(13)16/h4-5,10H,2-3,6-9,15H2,1H3. The number of anilines is 2. The lowest BCUT2D eigenvalue weighted by molar-refractivity contribution is 0.710. The van der Waals surface area contributed by atoms with E-state index in [1.807, 2.05) is 6.07 Å². The molecular weight excluding hydrogens is 234 g/mol. The van der Waals surface area contributed by atoms with Crippen LogP contribution in [-0.4, -0.2) is 33.2 Å². The number of nitrogens with two attached hydrogens (primary N) is 1. The summed E-state index contributed by atoms with van der Waals surface area (Å²) in [5.74, 6) is 0.